The molecule has 0 radical (unpaired) electrons. The van der Waals surface area contributed by atoms with E-state index in [1.807, 2.05) is 60.9 Å². The highest BCUT2D eigenvalue weighted by Crippen LogP contribution is 2.22. The van der Waals surface area contributed by atoms with Gasteiger partial charge in [-0.15, -0.1) is 20.4 Å². The molecule has 6 aromatic rings. The SMILES string of the molecule is Cc1[nH]n2c(-c3ccncc3)nnc2c1/C=C/C=c1/c(C)nn2c(-c3ccncc3)nnc12. The number of hydrogen-bond acceptors (Lipinski definition) is 7. The quantitative estimate of drug-likeness (QED) is 0.453. The van der Waals surface area contributed by atoms with Crippen LogP contribution in [0.1, 0.15) is 17.0 Å². The second-order valence-electron chi connectivity index (χ2n) is 7.59. The molecule has 0 aliphatic heterocycles. The van der Waals surface area contributed by atoms with E-state index in [4.69, 9.17) is 0 Å². The zero-order valence-electron chi connectivity index (χ0n) is 17.9. The van der Waals surface area contributed by atoms with Crippen molar-refractivity contribution in [1.82, 2.24) is 49.6 Å². The fourth-order valence-corrected chi connectivity index (χ4v) is 3.87. The third-order valence-electron chi connectivity index (χ3n) is 5.51. The fraction of sp³-hybridized carbons (Fsp3) is 0.0870. The van der Waals surface area contributed by atoms with E-state index >= 15 is 0 Å². The van der Waals surface area contributed by atoms with Gasteiger partial charge in [0.2, 0.25) is 0 Å². The maximum Gasteiger partial charge on any atom is 0.187 e. The molecular formula is C23H18N10. The van der Waals surface area contributed by atoms with Crippen molar-refractivity contribution in [3.05, 3.63) is 77.3 Å². The van der Waals surface area contributed by atoms with Crippen molar-refractivity contribution in [2.75, 3.05) is 0 Å². The average Bonchev–Trinajstić information content (AvgIpc) is 3.58. The van der Waals surface area contributed by atoms with E-state index in [2.05, 4.69) is 40.6 Å². The number of aromatic amines is 1. The summed E-state index contributed by atoms with van der Waals surface area (Å²) in [5.74, 6) is 1.43. The van der Waals surface area contributed by atoms with Gasteiger partial charge in [-0.3, -0.25) is 15.1 Å². The minimum Gasteiger partial charge on any atom is -0.295 e. The molecule has 0 bridgehead atoms. The van der Waals surface area contributed by atoms with Crippen molar-refractivity contribution in [3.8, 4) is 22.8 Å². The largest absolute Gasteiger partial charge is 0.295 e. The van der Waals surface area contributed by atoms with Gasteiger partial charge < -0.3 is 0 Å². The first kappa shape index (κ1) is 19.0. The van der Waals surface area contributed by atoms with Crippen molar-refractivity contribution in [2.45, 2.75) is 13.8 Å². The van der Waals surface area contributed by atoms with Crippen LogP contribution in [0.3, 0.4) is 0 Å². The van der Waals surface area contributed by atoms with Crippen molar-refractivity contribution in [2.24, 2.45) is 0 Å². The summed E-state index contributed by atoms with van der Waals surface area (Å²) >= 11 is 0. The fourth-order valence-electron chi connectivity index (χ4n) is 3.87. The second kappa shape index (κ2) is 7.45. The van der Waals surface area contributed by atoms with Crippen molar-refractivity contribution < 1.29 is 0 Å². The number of hydrogen-bond donors (Lipinski definition) is 1. The van der Waals surface area contributed by atoms with Crippen LogP contribution >= 0.6 is 0 Å². The average molecular weight is 434 g/mol. The smallest absolute Gasteiger partial charge is 0.187 e. The molecule has 6 heterocycles. The van der Waals surface area contributed by atoms with Crippen molar-refractivity contribution >= 4 is 23.4 Å². The van der Waals surface area contributed by atoms with E-state index in [9.17, 15) is 0 Å². The summed E-state index contributed by atoms with van der Waals surface area (Å²) in [6, 6.07) is 7.60. The van der Waals surface area contributed by atoms with Crippen LogP contribution in [0.2, 0.25) is 0 Å². The van der Waals surface area contributed by atoms with E-state index < -0.39 is 0 Å². The maximum atomic E-state index is 4.64. The van der Waals surface area contributed by atoms with Gasteiger partial charge in [0, 0.05) is 52.4 Å². The summed E-state index contributed by atoms with van der Waals surface area (Å²) in [4.78, 5) is 8.13. The Morgan fingerprint density at radius 1 is 0.788 bits per heavy atom. The summed E-state index contributed by atoms with van der Waals surface area (Å²) in [6.07, 6.45) is 12.9. The zero-order chi connectivity index (χ0) is 22.4. The second-order valence-corrected chi connectivity index (χ2v) is 7.59. The molecule has 6 aromatic heterocycles. The third kappa shape index (κ3) is 3.07. The minimum atomic E-state index is 0.689. The zero-order valence-corrected chi connectivity index (χ0v) is 17.9. The minimum absolute atomic E-state index is 0.689. The molecule has 160 valence electrons. The molecule has 10 heteroatoms. The Bertz CT molecular complexity index is 1670. The van der Waals surface area contributed by atoms with E-state index in [0.29, 0.717) is 11.5 Å². The molecule has 0 atom stereocenters. The van der Waals surface area contributed by atoms with Crippen LogP contribution in [0.25, 0.3) is 46.2 Å². The van der Waals surface area contributed by atoms with Crippen LogP contribution in [0, 0.1) is 13.8 Å². The summed E-state index contributed by atoms with van der Waals surface area (Å²) < 4.78 is 3.65. The molecule has 0 unspecified atom stereocenters. The third-order valence-corrected chi connectivity index (χ3v) is 5.51. The van der Waals surface area contributed by atoms with Gasteiger partial charge in [-0.1, -0.05) is 6.08 Å². The summed E-state index contributed by atoms with van der Waals surface area (Å²) in [7, 11) is 0. The van der Waals surface area contributed by atoms with E-state index in [1.54, 1.807) is 29.3 Å². The van der Waals surface area contributed by atoms with E-state index in [0.717, 1.165) is 44.8 Å². The summed E-state index contributed by atoms with van der Waals surface area (Å²) in [5, 5.41) is 26.3. The predicted octanol–water partition coefficient (Wildman–Crippen LogP) is 2.45. The van der Waals surface area contributed by atoms with Gasteiger partial charge in [-0.25, -0.2) is 4.52 Å². The lowest BCUT2D eigenvalue weighted by molar-refractivity contribution is 0.936. The predicted molar refractivity (Wildman–Crippen MR) is 123 cm³/mol. The molecule has 0 saturated heterocycles. The topological polar surface area (TPSA) is 115 Å². The Labute approximate surface area is 187 Å². The number of pyridine rings is 2. The van der Waals surface area contributed by atoms with Gasteiger partial charge in [-0.05, 0) is 50.3 Å². The normalized spacial score (nSPS) is 12.6. The molecule has 10 nitrogen and oxygen atoms in total. The molecule has 1 N–H and O–H groups in total. The Hall–Kier alpha value is -4.73. The van der Waals surface area contributed by atoms with Crippen LogP contribution in [0.5, 0.6) is 0 Å². The van der Waals surface area contributed by atoms with Crippen LogP contribution < -0.4 is 5.22 Å². The molecule has 0 amide bonds. The number of aromatic nitrogens is 10. The molecule has 0 aliphatic rings. The van der Waals surface area contributed by atoms with Gasteiger partial charge in [0.05, 0.1) is 5.69 Å². The summed E-state index contributed by atoms with van der Waals surface area (Å²) in [5.41, 5.74) is 6.16. The number of nitrogens with one attached hydrogen (secondary N) is 1. The van der Waals surface area contributed by atoms with Crippen LogP contribution in [0.4, 0.5) is 0 Å². The first-order valence-electron chi connectivity index (χ1n) is 10.4. The lowest BCUT2D eigenvalue weighted by atomic mass is 10.2. The molecule has 0 saturated carbocycles. The number of nitrogens with zero attached hydrogens (tertiary/aromatic N) is 9. The lowest BCUT2D eigenvalue weighted by Gasteiger charge is -1.95. The van der Waals surface area contributed by atoms with E-state index in [-0.39, 0.29) is 0 Å². The van der Waals surface area contributed by atoms with Gasteiger partial charge >= 0.3 is 0 Å². The molecule has 0 spiro atoms. The first-order chi connectivity index (χ1) is 16.2. The van der Waals surface area contributed by atoms with Crippen LogP contribution in [-0.4, -0.2) is 49.6 Å². The number of rotatable bonds is 4. The van der Waals surface area contributed by atoms with Gasteiger partial charge in [0.1, 0.15) is 0 Å². The maximum absolute atomic E-state index is 4.64. The summed E-state index contributed by atoms with van der Waals surface area (Å²) in [6.45, 7) is 3.97. The van der Waals surface area contributed by atoms with Gasteiger partial charge in [-0.2, -0.15) is 9.61 Å². The molecule has 33 heavy (non-hydrogen) atoms. The molecule has 0 aromatic carbocycles. The highest BCUT2D eigenvalue weighted by atomic mass is 15.4. The molecular weight excluding hydrogens is 416 g/mol. The number of aryl methyl sites for hydroxylation is 2. The number of allylic oxidation sites excluding steroid dienone is 1. The van der Waals surface area contributed by atoms with Crippen molar-refractivity contribution in [3.63, 3.8) is 0 Å². The Kier molecular flexibility index (Phi) is 4.29. The van der Waals surface area contributed by atoms with Crippen LogP contribution in [-0.2, 0) is 0 Å². The monoisotopic (exact) mass is 434 g/mol. The van der Waals surface area contributed by atoms with Crippen molar-refractivity contribution in [1.29, 1.82) is 0 Å². The van der Waals surface area contributed by atoms with Crippen LogP contribution in [0.15, 0.2) is 55.1 Å². The highest BCUT2D eigenvalue weighted by molar-refractivity contribution is 5.73. The highest BCUT2D eigenvalue weighted by Gasteiger charge is 2.15. The molecule has 0 aliphatic carbocycles. The Morgan fingerprint density at radius 3 is 2.15 bits per heavy atom. The molecule has 0 fully saturated rings. The standard InChI is InChI=1S/C23H18N10/c1-14-18(22-28-26-20(32(22)30-14)16-6-10-24-11-7-16)4-3-5-19-15(2)31-33-21(27-29-23(19)33)17-8-12-25-13-9-17/h3-13,30H,1-2H3/b4-3+,19-5-. The van der Waals surface area contributed by atoms with Gasteiger partial charge in [0.25, 0.3) is 0 Å². The Balaban J connectivity index is 1.39. The number of fused-ring (bicyclic) bond motifs is 2. The Morgan fingerprint density at radius 2 is 1.42 bits per heavy atom. The van der Waals surface area contributed by atoms with Gasteiger partial charge in [0.15, 0.2) is 22.9 Å². The molecule has 6 rings (SSSR count). The number of H-pyrrole nitrogens is 1. The lowest BCUT2D eigenvalue weighted by Crippen LogP contribution is -2.01. The first-order valence-corrected chi connectivity index (χ1v) is 10.4. The van der Waals surface area contributed by atoms with E-state index in [1.165, 1.54) is 0 Å².